The number of nitrogens with two attached hydrogens (primary N) is 1. The van der Waals surface area contributed by atoms with Crippen LogP contribution in [-0.4, -0.2) is 26.6 Å². The van der Waals surface area contributed by atoms with Gasteiger partial charge >= 0.3 is 0 Å². The summed E-state index contributed by atoms with van der Waals surface area (Å²) in [7, 11) is 0. The highest BCUT2D eigenvalue weighted by atomic mass is 32.2. The van der Waals surface area contributed by atoms with Crippen LogP contribution < -0.4 is 11.1 Å². The Morgan fingerprint density at radius 3 is 2.72 bits per heavy atom. The van der Waals surface area contributed by atoms with Crippen LogP contribution in [0.15, 0.2) is 71.0 Å². The Hall–Kier alpha value is -3.13. The molecule has 2 aromatic heterocycles. The minimum atomic E-state index is -0.505. The topological polar surface area (TPSA) is 103 Å². The number of hydrogen-bond acceptors (Lipinski definition) is 5. The molecule has 8 heteroatoms. The molecule has 0 saturated heterocycles. The summed E-state index contributed by atoms with van der Waals surface area (Å²) in [4.78, 5) is 28.8. The maximum Gasteiger partial charge on any atom is 0.258 e. The van der Waals surface area contributed by atoms with Crippen LogP contribution in [0.3, 0.4) is 0 Å². The molecule has 0 atom stereocenters. The van der Waals surface area contributed by atoms with Gasteiger partial charge in [0.15, 0.2) is 0 Å². The summed E-state index contributed by atoms with van der Waals surface area (Å²) < 4.78 is 1.36. The molecule has 2 amide bonds. The maximum atomic E-state index is 12.6. The highest BCUT2D eigenvalue weighted by Gasteiger charge is 2.14. The standard InChI is InChI=1S/C17H15N5O2S/c18-15(23)11-22-10-12(9-20-22)21-16(24)14-7-4-8-19-17(14)25-13-5-2-1-3-6-13/h1-10H,11H2,(H2,18,23)(H,21,24). The number of carbonyl (C=O) groups excluding carboxylic acids is 2. The van der Waals surface area contributed by atoms with E-state index in [1.165, 1.54) is 22.6 Å². The van der Waals surface area contributed by atoms with Gasteiger partial charge < -0.3 is 11.1 Å². The number of aromatic nitrogens is 3. The molecule has 2 heterocycles. The number of carbonyl (C=O) groups is 2. The molecule has 3 aromatic rings. The minimum absolute atomic E-state index is 0.0438. The van der Waals surface area contributed by atoms with Gasteiger partial charge in [-0.3, -0.25) is 14.3 Å². The van der Waals surface area contributed by atoms with Gasteiger partial charge in [0.25, 0.3) is 5.91 Å². The third-order valence-electron chi connectivity index (χ3n) is 3.18. The highest BCUT2D eigenvalue weighted by molar-refractivity contribution is 7.99. The highest BCUT2D eigenvalue weighted by Crippen LogP contribution is 2.28. The van der Waals surface area contributed by atoms with Gasteiger partial charge in [-0.15, -0.1) is 0 Å². The fraction of sp³-hybridized carbons (Fsp3) is 0.0588. The number of hydrogen-bond donors (Lipinski definition) is 2. The minimum Gasteiger partial charge on any atom is -0.368 e. The summed E-state index contributed by atoms with van der Waals surface area (Å²) in [5.41, 5.74) is 6.06. The Morgan fingerprint density at radius 2 is 1.96 bits per heavy atom. The van der Waals surface area contributed by atoms with Gasteiger partial charge in [-0.2, -0.15) is 5.10 Å². The number of nitrogens with one attached hydrogen (secondary N) is 1. The quantitative estimate of drug-likeness (QED) is 0.707. The molecule has 0 aliphatic carbocycles. The van der Waals surface area contributed by atoms with E-state index in [0.29, 0.717) is 16.3 Å². The molecule has 0 radical (unpaired) electrons. The van der Waals surface area contributed by atoms with Crippen LogP contribution in [0.25, 0.3) is 0 Å². The first-order valence-electron chi connectivity index (χ1n) is 7.42. The van der Waals surface area contributed by atoms with Gasteiger partial charge in [0.1, 0.15) is 11.6 Å². The lowest BCUT2D eigenvalue weighted by Crippen LogP contribution is -2.18. The van der Waals surface area contributed by atoms with Crippen LogP contribution in [0.5, 0.6) is 0 Å². The van der Waals surface area contributed by atoms with Crippen molar-refractivity contribution in [2.24, 2.45) is 5.73 Å². The van der Waals surface area contributed by atoms with E-state index in [9.17, 15) is 9.59 Å². The Kier molecular flexibility index (Phi) is 5.10. The third kappa shape index (κ3) is 4.45. The lowest BCUT2D eigenvalue weighted by atomic mass is 10.2. The summed E-state index contributed by atoms with van der Waals surface area (Å²) in [5, 5.41) is 7.33. The van der Waals surface area contributed by atoms with Crippen LogP contribution >= 0.6 is 11.8 Å². The average Bonchev–Trinajstić information content (AvgIpc) is 3.02. The number of rotatable bonds is 6. The van der Waals surface area contributed by atoms with Crippen LogP contribution in [0.2, 0.25) is 0 Å². The molecule has 3 N–H and O–H groups in total. The Morgan fingerprint density at radius 1 is 1.16 bits per heavy atom. The summed E-state index contributed by atoms with van der Waals surface area (Å²) in [6.45, 7) is -0.0438. The van der Waals surface area contributed by atoms with Crippen molar-refractivity contribution in [3.63, 3.8) is 0 Å². The average molecular weight is 353 g/mol. The number of nitrogens with zero attached hydrogens (tertiary/aromatic N) is 3. The molecular formula is C17H15N5O2S. The molecule has 25 heavy (non-hydrogen) atoms. The zero-order chi connectivity index (χ0) is 17.6. The molecular weight excluding hydrogens is 338 g/mol. The van der Waals surface area contributed by atoms with Crippen molar-refractivity contribution in [3.05, 3.63) is 66.6 Å². The number of anilines is 1. The van der Waals surface area contributed by atoms with Crippen molar-refractivity contribution < 1.29 is 9.59 Å². The molecule has 0 spiro atoms. The van der Waals surface area contributed by atoms with E-state index < -0.39 is 5.91 Å². The molecule has 0 fully saturated rings. The fourth-order valence-electron chi connectivity index (χ4n) is 2.12. The number of primary amides is 1. The second kappa shape index (κ2) is 7.63. The predicted octanol–water partition coefficient (Wildman–Crippen LogP) is 2.17. The van der Waals surface area contributed by atoms with Crippen molar-refractivity contribution in [2.75, 3.05) is 5.32 Å². The van der Waals surface area contributed by atoms with E-state index in [-0.39, 0.29) is 12.5 Å². The van der Waals surface area contributed by atoms with Gasteiger partial charge in [0.2, 0.25) is 5.91 Å². The first-order valence-corrected chi connectivity index (χ1v) is 8.23. The van der Waals surface area contributed by atoms with Gasteiger partial charge in [0.05, 0.1) is 17.4 Å². The van der Waals surface area contributed by atoms with Crippen molar-refractivity contribution in [3.8, 4) is 0 Å². The van der Waals surface area contributed by atoms with Crippen molar-refractivity contribution >= 4 is 29.3 Å². The van der Waals surface area contributed by atoms with E-state index in [1.807, 2.05) is 30.3 Å². The summed E-state index contributed by atoms with van der Waals surface area (Å²) in [6.07, 6.45) is 4.65. The Bertz CT molecular complexity index is 895. The van der Waals surface area contributed by atoms with Gasteiger partial charge in [-0.05, 0) is 24.3 Å². The van der Waals surface area contributed by atoms with Crippen LogP contribution in [0.1, 0.15) is 10.4 Å². The molecule has 3 rings (SSSR count). The zero-order valence-corrected chi connectivity index (χ0v) is 13.9. The van der Waals surface area contributed by atoms with E-state index in [1.54, 1.807) is 24.5 Å². The van der Waals surface area contributed by atoms with Crippen LogP contribution in [0.4, 0.5) is 5.69 Å². The van der Waals surface area contributed by atoms with Crippen molar-refractivity contribution in [2.45, 2.75) is 16.5 Å². The number of benzene rings is 1. The Balaban J connectivity index is 1.76. The largest absolute Gasteiger partial charge is 0.368 e. The molecule has 126 valence electrons. The predicted molar refractivity (Wildman–Crippen MR) is 94.2 cm³/mol. The lowest BCUT2D eigenvalue weighted by molar-refractivity contribution is -0.118. The Labute approximate surface area is 148 Å². The first-order chi connectivity index (χ1) is 12.1. The number of pyridine rings is 1. The van der Waals surface area contributed by atoms with Gasteiger partial charge in [-0.1, -0.05) is 30.0 Å². The summed E-state index contributed by atoms with van der Waals surface area (Å²) in [6, 6.07) is 13.1. The smallest absolute Gasteiger partial charge is 0.258 e. The van der Waals surface area contributed by atoms with Crippen molar-refractivity contribution in [1.29, 1.82) is 0 Å². The third-order valence-corrected chi connectivity index (χ3v) is 4.21. The van der Waals surface area contributed by atoms with E-state index in [4.69, 9.17) is 5.73 Å². The molecule has 0 aliphatic rings. The SMILES string of the molecule is NC(=O)Cn1cc(NC(=O)c2cccnc2Sc2ccccc2)cn1. The van der Waals surface area contributed by atoms with Crippen LogP contribution in [0, 0.1) is 0 Å². The summed E-state index contributed by atoms with van der Waals surface area (Å²) in [5.74, 6) is -0.806. The molecule has 0 saturated carbocycles. The molecule has 0 aliphatic heterocycles. The van der Waals surface area contributed by atoms with E-state index in [2.05, 4.69) is 15.4 Å². The molecule has 0 unspecified atom stereocenters. The van der Waals surface area contributed by atoms with Gasteiger partial charge in [0, 0.05) is 17.3 Å². The fourth-order valence-corrected chi connectivity index (χ4v) is 3.02. The molecule has 1 aromatic carbocycles. The van der Waals surface area contributed by atoms with Gasteiger partial charge in [-0.25, -0.2) is 4.98 Å². The maximum absolute atomic E-state index is 12.6. The second-order valence-corrected chi connectivity index (χ2v) is 6.18. The zero-order valence-electron chi connectivity index (χ0n) is 13.1. The van der Waals surface area contributed by atoms with Crippen LogP contribution in [-0.2, 0) is 11.3 Å². The normalized spacial score (nSPS) is 10.4. The molecule has 7 nitrogen and oxygen atoms in total. The van der Waals surface area contributed by atoms with E-state index >= 15 is 0 Å². The molecule has 0 bridgehead atoms. The van der Waals surface area contributed by atoms with Crippen molar-refractivity contribution in [1.82, 2.24) is 14.8 Å². The lowest BCUT2D eigenvalue weighted by Gasteiger charge is -2.07. The first kappa shape index (κ1) is 16.7. The monoisotopic (exact) mass is 353 g/mol. The van der Waals surface area contributed by atoms with E-state index in [0.717, 1.165) is 4.90 Å². The summed E-state index contributed by atoms with van der Waals surface area (Å²) >= 11 is 1.41. The second-order valence-electron chi connectivity index (χ2n) is 5.12. The number of amides is 2.